The number of halogens is 1. The summed E-state index contributed by atoms with van der Waals surface area (Å²) in [5, 5.41) is 9.16. The summed E-state index contributed by atoms with van der Waals surface area (Å²) < 4.78 is 15.0. The number of hydrogen-bond acceptors (Lipinski definition) is 2. The summed E-state index contributed by atoms with van der Waals surface area (Å²) >= 11 is 0. The first kappa shape index (κ1) is 9.34. The summed E-state index contributed by atoms with van der Waals surface area (Å²) in [4.78, 5) is 4.03. The van der Waals surface area contributed by atoms with E-state index in [0.29, 0.717) is 0 Å². The summed E-state index contributed by atoms with van der Waals surface area (Å²) in [6, 6.07) is 5.69. The van der Waals surface area contributed by atoms with Gasteiger partial charge >= 0.3 is 0 Å². The fourth-order valence-corrected chi connectivity index (χ4v) is 2.18. The van der Waals surface area contributed by atoms with E-state index in [2.05, 4.69) is 11.1 Å². The molecule has 1 fully saturated rings. The average Bonchev–Trinajstić information content (AvgIpc) is 3.01. The number of nitriles is 1. The van der Waals surface area contributed by atoms with Gasteiger partial charge in [-0.05, 0) is 18.9 Å². The van der Waals surface area contributed by atoms with Crippen molar-refractivity contribution < 1.29 is 4.39 Å². The van der Waals surface area contributed by atoms with Crippen LogP contribution in [0.15, 0.2) is 18.3 Å². The average molecular weight is 215 g/mol. The van der Waals surface area contributed by atoms with Gasteiger partial charge in [-0.25, -0.2) is 4.39 Å². The van der Waals surface area contributed by atoms with Crippen LogP contribution in [-0.2, 0) is 12.5 Å². The standard InChI is InChI=1S/C12H10FN3/c1-16-10-4-8(13)6-15-9(10)5-11(16)12(7-14)2-3-12/h4-6H,2-3H2,1H3. The van der Waals surface area contributed by atoms with E-state index in [1.165, 1.54) is 12.3 Å². The van der Waals surface area contributed by atoms with Gasteiger partial charge in [0.1, 0.15) is 5.82 Å². The van der Waals surface area contributed by atoms with Crippen molar-refractivity contribution in [2.45, 2.75) is 18.3 Å². The van der Waals surface area contributed by atoms with Crippen molar-refractivity contribution in [3.63, 3.8) is 0 Å². The van der Waals surface area contributed by atoms with Crippen LogP contribution in [0.2, 0.25) is 0 Å². The lowest BCUT2D eigenvalue weighted by atomic mass is 10.1. The second-order valence-corrected chi connectivity index (χ2v) is 4.34. The predicted molar refractivity (Wildman–Crippen MR) is 57.2 cm³/mol. The van der Waals surface area contributed by atoms with Crippen molar-refractivity contribution in [3.8, 4) is 6.07 Å². The molecule has 0 aromatic carbocycles. The molecule has 1 saturated carbocycles. The van der Waals surface area contributed by atoms with Gasteiger partial charge in [0.25, 0.3) is 0 Å². The maximum absolute atomic E-state index is 13.1. The molecule has 0 amide bonds. The highest BCUT2D eigenvalue weighted by molar-refractivity contribution is 5.78. The molecule has 0 saturated heterocycles. The van der Waals surface area contributed by atoms with E-state index in [1.807, 2.05) is 17.7 Å². The van der Waals surface area contributed by atoms with E-state index in [1.54, 1.807) is 0 Å². The van der Waals surface area contributed by atoms with Crippen LogP contribution in [0.25, 0.3) is 11.0 Å². The van der Waals surface area contributed by atoms with Gasteiger partial charge in [0.2, 0.25) is 0 Å². The molecule has 0 N–H and O–H groups in total. The van der Waals surface area contributed by atoms with Crippen LogP contribution in [-0.4, -0.2) is 9.55 Å². The number of fused-ring (bicyclic) bond motifs is 1. The third kappa shape index (κ3) is 1.09. The highest BCUT2D eigenvalue weighted by atomic mass is 19.1. The second-order valence-electron chi connectivity index (χ2n) is 4.34. The molecule has 3 nitrogen and oxygen atoms in total. The van der Waals surface area contributed by atoms with Crippen LogP contribution in [0.5, 0.6) is 0 Å². The quantitative estimate of drug-likeness (QED) is 0.732. The van der Waals surface area contributed by atoms with Crippen LogP contribution in [0.3, 0.4) is 0 Å². The molecule has 4 heteroatoms. The van der Waals surface area contributed by atoms with Crippen molar-refractivity contribution in [3.05, 3.63) is 29.8 Å². The Balaban J connectivity index is 2.29. The maximum atomic E-state index is 13.1. The normalized spacial score (nSPS) is 17.3. The molecule has 0 unspecified atom stereocenters. The molecule has 3 rings (SSSR count). The van der Waals surface area contributed by atoms with Crippen molar-refractivity contribution in [2.75, 3.05) is 0 Å². The Bertz CT molecular complexity index is 617. The first-order valence-electron chi connectivity index (χ1n) is 5.19. The number of hydrogen-bond donors (Lipinski definition) is 0. The van der Waals surface area contributed by atoms with Crippen LogP contribution in [0.4, 0.5) is 4.39 Å². The zero-order valence-corrected chi connectivity index (χ0v) is 8.87. The number of aromatic nitrogens is 2. The van der Waals surface area contributed by atoms with Crippen molar-refractivity contribution in [1.29, 1.82) is 5.26 Å². The minimum absolute atomic E-state index is 0.345. The van der Waals surface area contributed by atoms with Gasteiger partial charge in [-0.2, -0.15) is 5.26 Å². The first-order valence-corrected chi connectivity index (χ1v) is 5.19. The molecule has 0 bridgehead atoms. The molecule has 2 heterocycles. The van der Waals surface area contributed by atoms with E-state index in [-0.39, 0.29) is 11.2 Å². The molecule has 0 spiro atoms. The molecule has 80 valence electrons. The molecule has 0 radical (unpaired) electrons. The van der Waals surface area contributed by atoms with E-state index < -0.39 is 0 Å². The van der Waals surface area contributed by atoms with Crippen LogP contribution >= 0.6 is 0 Å². The van der Waals surface area contributed by atoms with Gasteiger partial charge in [-0.3, -0.25) is 4.98 Å². The van der Waals surface area contributed by atoms with E-state index in [4.69, 9.17) is 5.26 Å². The Kier molecular flexibility index (Phi) is 1.65. The lowest BCUT2D eigenvalue weighted by Gasteiger charge is -2.07. The Hall–Kier alpha value is -1.89. The van der Waals surface area contributed by atoms with E-state index >= 15 is 0 Å². The molecule has 1 aliphatic carbocycles. The third-order valence-electron chi connectivity index (χ3n) is 3.31. The van der Waals surface area contributed by atoms with Crippen LogP contribution in [0.1, 0.15) is 18.5 Å². The molecule has 0 atom stereocenters. The van der Waals surface area contributed by atoms with Gasteiger partial charge in [0.15, 0.2) is 0 Å². The van der Waals surface area contributed by atoms with Crippen LogP contribution in [0, 0.1) is 17.1 Å². The van der Waals surface area contributed by atoms with Crippen LogP contribution < -0.4 is 0 Å². The van der Waals surface area contributed by atoms with Gasteiger partial charge < -0.3 is 4.57 Å². The Morgan fingerprint density at radius 3 is 2.88 bits per heavy atom. The SMILES string of the molecule is Cn1c(C2(C#N)CC2)cc2ncc(F)cc21. The Morgan fingerprint density at radius 1 is 1.50 bits per heavy atom. The van der Waals surface area contributed by atoms with Gasteiger partial charge in [-0.1, -0.05) is 0 Å². The predicted octanol–water partition coefficient (Wildman–Crippen LogP) is 2.27. The summed E-state index contributed by atoms with van der Waals surface area (Å²) in [7, 11) is 1.86. The fraction of sp³-hybridized carbons (Fsp3) is 0.333. The Morgan fingerprint density at radius 2 is 2.25 bits per heavy atom. The zero-order chi connectivity index (χ0) is 11.3. The molecule has 16 heavy (non-hydrogen) atoms. The molecular weight excluding hydrogens is 205 g/mol. The number of nitrogens with zero attached hydrogens (tertiary/aromatic N) is 3. The molecule has 2 aromatic heterocycles. The van der Waals surface area contributed by atoms with Crippen molar-refractivity contribution in [1.82, 2.24) is 9.55 Å². The maximum Gasteiger partial charge on any atom is 0.143 e. The third-order valence-corrected chi connectivity index (χ3v) is 3.31. The summed E-state index contributed by atoms with van der Waals surface area (Å²) in [6.07, 6.45) is 2.98. The number of rotatable bonds is 1. The summed E-state index contributed by atoms with van der Waals surface area (Å²) in [5.74, 6) is -0.345. The Labute approximate surface area is 92.1 Å². The largest absolute Gasteiger partial charge is 0.345 e. The molecule has 0 aliphatic heterocycles. The number of aryl methyl sites for hydroxylation is 1. The lowest BCUT2D eigenvalue weighted by Crippen LogP contribution is -2.08. The highest BCUT2D eigenvalue weighted by Gasteiger charge is 2.47. The van der Waals surface area contributed by atoms with Crippen molar-refractivity contribution >= 4 is 11.0 Å². The zero-order valence-electron chi connectivity index (χ0n) is 8.87. The summed E-state index contributed by atoms with van der Waals surface area (Å²) in [5.41, 5.74) is 2.09. The highest BCUT2D eigenvalue weighted by Crippen LogP contribution is 2.48. The smallest absolute Gasteiger partial charge is 0.143 e. The van der Waals surface area contributed by atoms with E-state index in [9.17, 15) is 4.39 Å². The lowest BCUT2D eigenvalue weighted by molar-refractivity contribution is 0.623. The first-order chi connectivity index (χ1) is 7.66. The topological polar surface area (TPSA) is 41.6 Å². The molecule has 1 aliphatic rings. The second kappa shape index (κ2) is 2.82. The fourth-order valence-electron chi connectivity index (χ4n) is 2.18. The minimum Gasteiger partial charge on any atom is -0.345 e. The summed E-state index contributed by atoms with van der Waals surface area (Å²) in [6.45, 7) is 0. The minimum atomic E-state index is -0.355. The van der Waals surface area contributed by atoms with Gasteiger partial charge in [0, 0.05) is 18.8 Å². The van der Waals surface area contributed by atoms with Gasteiger partial charge in [0.05, 0.1) is 28.7 Å². The monoisotopic (exact) mass is 215 g/mol. The van der Waals surface area contributed by atoms with Gasteiger partial charge in [-0.15, -0.1) is 0 Å². The molecular formula is C12H10FN3. The van der Waals surface area contributed by atoms with E-state index in [0.717, 1.165) is 29.6 Å². The van der Waals surface area contributed by atoms with Crippen molar-refractivity contribution in [2.24, 2.45) is 7.05 Å². The number of pyridine rings is 1. The molecule has 2 aromatic rings.